The number of hydrogen-bond donors (Lipinski definition) is 2. The maximum absolute atomic E-state index is 13.2. The molecule has 1 aromatic carbocycles. The summed E-state index contributed by atoms with van der Waals surface area (Å²) in [6.45, 7) is 0. The fourth-order valence-corrected chi connectivity index (χ4v) is 3.06. The molecule has 0 bridgehead atoms. The number of hydrogen-bond acceptors (Lipinski definition) is 4. The number of anilines is 1. The van der Waals surface area contributed by atoms with Crippen LogP contribution in [0.25, 0.3) is 0 Å². The zero-order valence-corrected chi connectivity index (χ0v) is 14.6. The van der Waals surface area contributed by atoms with Crippen molar-refractivity contribution < 1.29 is 26.7 Å². The van der Waals surface area contributed by atoms with E-state index >= 15 is 0 Å². The molecule has 0 spiro atoms. The van der Waals surface area contributed by atoms with E-state index in [0.717, 1.165) is 24.4 Å². The third-order valence-electron chi connectivity index (χ3n) is 4.52. The van der Waals surface area contributed by atoms with E-state index in [1.807, 2.05) is 0 Å². The molecule has 1 aliphatic carbocycles. The summed E-state index contributed by atoms with van der Waals surface area (Å²) in [6, 6.07) is 3.44. The number of halogens is 5. The van der Waals surface area contributed by atoms with E-state index in [4.69, 9.17) is 0 Å². The highest BCUT2D eigenvalue weighted by Crippen LogP contribution is 2.28. The highest BCUT2D eigenvalue weighted by Gasteiger charge is 2.33. The Hall–Kier alpha value is -2.78. The van der Waals surface area contributed by atoms with Gasteiger partial charge in [0.2, 0.25) is 5.95 Å². The highest BCUT2D eigenvalue weighted by atomic mass is 19.4. The Morgan fingerprint density at radius 2 is 1.68 bits per heavy atom. The van der Waals surface area contributed by atoms with E-state index in [-0.39, 0.29) is 23.6 Å². The standard InChI is InChI=1S/C18H17F5N4O/c19-13-6-1-10(9-14(13)20)16(28)25-11-2-4-12(5-3-11)26-17-24-8-7-15(27-17)18(21,22)23/h1,6-9,11-12H,2-5H2,(H,25,28)(H,24,26,27). The maximum atomic E-state index is 13.2. The summed E-state index contributed by atoms with van der Waals surface area (Å²) in [4.78, 5) is 19.4. The van der Waals surface area contributed by atoms with E-state index < -0.39 is 29.4 Å². The van der Waals surface area contributed by atoms with Gasteiger partial charge in [0.25, 0.3) is 5.91 Å². The zero-order valence-electron chi connectivity index (χ0n) is 14.6. The van der Waals surface area contributed by atoms with Crippen LogP contribution >= 0.6 is 0 Å². The van der Waals surface area contributed by atoms with Gasteiger partial charge in [0, 0.05) is 23.8 Å². The second kappa shape index (κ2) is 8.07. The Kier molecular flexibility index (Phi) is 5.76. The first-order valence-corrected chi connectivity index (χ1v) is 8.65. The largest absolute Gasteiger partial charge is 0.433 e. The van der Waals surface area contributed by atoms with E-state index in [1.165, 1.54) is 6.07 Å². The number of aromatic nitrogens is 2. The SMILES string of the molecule is O=C(NC1CCC(Nc2nccc(C(F)(F)F)n2)CC1)c1ccc(F)c(F)c1. The van der Waals surface area contributed by atoms with E-state index in [0.29, 0.717) is 25.7 Å². The van der Waals surface area contributed by atoms with Crippen LogP contribution in [0.15, 0.2) is 30.5 Å². The van der Waals surface area contributed by atoms with Crippen molar-refractivity contribution >= 4 is 11.9 Å². The fourth-order valence-electron chi connectivity index (χ4n) is 3.06. The molecule has 1 fully saturated rings. The molecule has 1 heterocycles. The lowest BCUT2D eigenvalue weighted by atomic mass is 9.91. The minimum Gasteiger partial charge on any atom is -0.351 e. The number of alkyl halides is 3. The van der Waals surface area contributed by atoms with Crippen molar-refractivity contribution in [1.82, 2.24) is 15.3 Å². The molecular formula is C18H17F5N4O. The minimum absolute atomic E-state index is 0.0246. The van der Waals surface area contributed by atoms with E-state index in [1.54, 1.807) is 0 Å². The molecule has 0 saturated heterocycles. The number of rotatable bonds is 4. The third-order valence-corrected chi connectivity index (χ3v) is 4.52. The van der Waals surface area contributed by atoms with Gasteiger partial charge >= 0.3 is 6.18 Å². The topological polar surface area (TPSA) is 66.9 Å². The van der Waals surface area contributed by atoms with Crippen molar-refractivity contribution in [3.05, 3.63) is 53.4 Å². The molecule has 5 nitrogen and oxygen atoms in total. The molecule has 2 N–H and O–H groups in total. The predicted octanol–water partition coefficient (Wildman–Crippen LogP) is 3.93. The van der Waals surface area contributed by atoms with Gasteiger partial charge in [-0.25, -0.2) is 18.7 Å². The van der Waals surface area contributed by atoms with Crippen LogP contribution in [-0.4, -0.2) is 28.0 Å². The molecule has 2 aromatic rings. The monoisotopic (exact) mass is 400 g/mol. The molecule has 1 saturated carbocycles. The predicted molar refractivity (Wildman–Crippen MR) is 90.5 cm³/mol. The molecule has 0 unspecified atom stereocenters. The first-order valence-electron chi connectivity index (χ1n) is 8.65. The lowest BCUT2D eigenvalue weighted by Crippen LogP contribution is -2.40. The van der Waals surface area contributed by atoms with Crippen LogP contribution in [0.3, 0.4) is 0 Å². The van der Waals surface area contributed by atoms with Crippen molar-refractivity contribution in [1.29, 1.82) is 0 Å². The van der Waals surface area contributed by atoms with Gasteiger partial charge in [0.1, 0.15) is 5.69 Å². The molecule has 28 heavy (non-hydrogen) atoms. The maximum Gasteiger partial charge on any atom is 0.433 e. The minimum atomic E-state index is -4.54. The van der Waals surface area contributed by atoms with Gasteiger partial charge in [0.15, 0.2) is 11.6 Å². The van der Waals surface area contributed by atoms with Crippen LogP contribution in [0.1, 0.15) is 41.7 Å². The number of nitrogens with zero attached hydrogens (tertiary/aromatic N) is 2. The Bertz CT molecular complexity index is 850. The summed E-state index contributed by atoms with van der Waals surface area (Å²) in [6.07, 6.45) is -1.17. The van der Waals surface area contributed by atoms with Gasteiger partial charge in [-0.3, -0.25) is 4.79 Å². The zero-order chi connectivity index (χ0) is 20.3. The molecule has 150 valence electrons. The molecule has 10 heteroatoms. The summed E-state index contributed by atoms with van der Waals surface area (Å²) in [5.74, 6) is -2.72. The highest BCUT2D eigenvalue weighted by molar-refractivity contribution is 5.94. The van der Waals surface area contributed by atoms with Gasteiger partial charge in [-0.1, -0.05) is 0 Å². The Balaban J connectivity index is 1.52. The van der Waals surface area contributed by atoms with Crippen LogP contribution in [-0.2, 0) is 6.18 Å². The van der Waals surface area contributed by atoms with Crippen LogP contribution in [0.5, 0.6) is 0 Å². The summed E-state index contributed by atoms with van der Waals surface area (Å²) < 4.78 is 64.3. The van der Waals surface area contributed by atoms with Crippen molar-refractivity contribution in [3.63, 3.8) is 0 Å². The quantitative estimate of drug-likeness (QED) is 0.764. The number of carbonyl (C=O) groups excluding carboxylic acids is 1. The third kappa shape index (κ3) is 4.93. The first-order chi connectivity index (χ1) is 13.2. The molecule has 1 aromatic heterocycles. The molecule has 0 aliphatic heterocycles. The van der Waals surface area contributed by atoms with Crippen LogP contribution < -0.4 is 10.6 Å². The number of nitrogens with one attached hydrogen (secondary N) is 2. The van der Waals surface area contributed by atoms with Crippen LogP contribution in [0, 0.1) is 11.6 Å². The van der Waals surface area contributed by atoms with Crippen molar-refractivity contribution in [3.8, 4) is 0 Å². The summed E-state index contributed by atoms with van der Waals surface area (Å²) in [5, 5.41) is 5.65. The second-order valence-corrected chi connectivity index (χ2v) is 6.56. The average molecular weight is 400 g/mol. The van der Waals surface area contributed by atoms with Crippen molar-refractivity contribution in [2.45, 2.75) is 43.9 Å². The van der Waals surface area contributed by atoms with Crippen LogP contribution in [0.4, 0.5) is 27.9 Å². The molecule has 1 aliphatic rings. The number of benzene rings is 1. The summed E-state index contributed by atoms with van der Waals surface area (Å²) in [5.41, 5.74) is -0.992. The Labute approximate surface area is 157 Å². The lowest BCUT2D eigenvalue weighted by molar-refractivity contribution is -0.141. The molecule has 3 rings (SSSR count). The molecule has 1 amide bonds. The van der Waals surface area contributed by atoms with Crippen molar-refractivity contribution in [2.75, 3.05) is 5.32 Å². The summed E-state index contributed by atoms with van der Waals surface area (Å²) >= 11 is 0. The fraction of sp³-hybridized carbons (Fsp3) is 0.389. The number of amides is 1. The van der Waals surface area contributed by atoms with Gasteiger partial charge in [0.05, 0.1) is 0 Å². The Morgan fingerprint density at radius 1 is 1.00 bits per heavy atom. The lowest BCUT2D eigenvalue weighted by Gasteiger charge is -2.29. The molecule has 0 radical (unpaired) electrons. The van der Waals surface area contributed by atoms with E-state index in [9.17, 15) is 26.7 Å². The van der Waals surface area contributed by atoms with Gasteiger partial charge in [-0.2, -0.15) is 13.2 Å². The van der Waals surface area contributed by atoms with Crippen molar-refractivity contribution in [2.24, 2.45) is 0 Å². The van der Waals surface area contributed by atoms with E-state index in [2.05, 4.69) is 20.6 Å². The Morgan fingerprint density at radius 3 is 2.32 bits per heavy atom. The average Bonchev–Trinajstić information content (AvgIpc) is 2.65. The van der Waals surface area contributed by atoms with Gasteiger partial charge < -0.3 is 10.6 Å². The van der Waals surface area contributed by atoms with Crippen LogP contribution in [0.2, 0.25) is 0 Å². The molecule has 0 atom stereocenters. The summed E-state index contributed by atoms with van der Waals surface area (Å²) in [7, 11) is 0. The first kappa shape index (κ1) is 20.0. The van der Waals surface area contributed by atoms with Gasteiger partial charge in [-0.05, 0) is 49.9 Å². The smallest absolute Gasteiger partial charge is 0.351 e. The normalized spacial score (nSPS) is 19.9. The number of carbonyl (C=O) groups is 1. The van der Waals surface area contributed by atoms with Gasteiger partial charge in [-0.15, -0.1) is 0 Å². The molecular weight excluding hydrogens is 383 g/mol. The second-order valence-electron chi connectivity index (χ2n) is 6.56.